The third-order valence-electron chi connectivity index (χ3n) is 4.37. The van der Waals surface area contributed by atoms with Gasteiger partial charge in [0, 0.05) is 12.8 Å². The Morgan fingerprint density at radius 2 is 2.14 bits per heavy atom. The number of carbonyl (C=O) groups is 2. The zero-order valence-corrected chi connectivity index (χ0v) is 12.1. The van der Waals surface area contributed by atoms with Crippen LogP contribution in [0.5, 0.6) is 0 Å². The molecule has 1 aliphatic rings. The third-order valence-corrected chi connectivity index (χ3v) is 4.37. The van der Waals surface area contributed by atoms with Crippen molar-refractivity contribution in [1.82, 2.24) is 0 Å². The minimum Gasteiger partial charge on any atom is -0.481 e. The minimum absolute atomic E-state index is 0.0618. The van der Waals surface area contributed by atoms with Crippen LogP contribution in [-0.4, -0.2) is 16.9 Å². The number of hydrogen-bond donors (Lipinski definition) is 1. The van der Waals surface area contributed by atoms with Gasteiger partial charge in [0.15, 0.2) is 5.69 Å². The number of benzene rings is 1. The smallest absolute Gasteiger partial charge is 0.310 e. The predicted octanol–water partition coefficient (Wildman–Crippen LogP) is 3.63. The highest BCUT2D eigenvalue weighted by Crippen LogP contribution is 2.50. The molecule has 0 radical (unpaired) electrons. The summed E-state index contributed by atoms with van der Waals surface area (Å²) in [5.74, 6) is -0.775. The molecule has 0 amide bonds. The molecule has 0 heterocycles. The Hall–Kier alpha value is -2.15. The van der Waals surface area contributed by atoms with Gasteiger partial charge in [-0.05, 0) is 25.2 Å². The first-order chi connectivity index (χ1) is 10.0. The number of carboxylic acid groups (broad SMARTS) is 1. The van der Waals surface area contributed by atoms with Gasteiger partial charge in [0.25, 0.3) is 0 Å². The Morgan fingerprint density at radius 3 is 2.67 bits per heavy atom. The molecule has 1 aromatic carbocycles. The molecule has 0 bridgehead atoms. The van der Waals surface area contributed by atoms with Gasteiger partial charge in [-0.1, -0.05) is 36.8 Å². The molecular weight excluding hydrogens is 266 g/mol. The van der Waals surface area contributed by atoms with Crippen LogP contribution in [0.1, 0.15) is 38.2 Å². The fourth-order valence-electron chi connectivity index (χ4n) is 2.97. The fourth-order valence-corrected chi connectivity index (χ4v) is 2.97. The summed E-state index contributed by atoms with van der Waals surface area (Å²) in [6.45, 7) is 8.83. The van der Waals surface area contributed by atoms with Gasteiger partial charge in [0.2, 0.25) is 0 Å². The van der Waals surface area contributed by atoms with Crippen molar-refractivity contribution in [3.63, 3.8) is 0 Å². The van der Waals surface area contributed by atoms with Gasteiger partial charge in [-0.2, -0.15) is 0 Å². The molecule has 1 aliphatic carbocycles. The zero-order valence-electron chi connectivity index (χ0n) is 12.1. The first-order valence-electron chi connectivity index (χ1n) is 7.23. The molecule has 2 rings (SSSR count). The Morgan fingerprint density at radius 1 is 1.43 bits per heavy atom. The van der Waals surface area contributed by atoms with E-state index in [0.717, 1.165) is 18.4 Å². The number of ketones is 1. The molecule has 4 nitrogen and oxygen atoms in total. The Kier molecular flexibility index (Phi) is 4.42. The lowest BCUT2D eigenvalue weighted by molar-refractivity contribution is -0.153. The lowest BCUT2D eigenvalue weighted by atomic mass is 9.75. The normalized spacial score (nSPS) is 16.8. The van der Waals surface area contributed by atoms with Crippen molar-refractivity contribution in [2.45, 2.75) is 39.0 Å². The van der Waals surface area contributed by atoms with Crippen molar-refractivity contribution in [2.75, 3.05) is 0 Å². The van der Waals surface area contributed by atoms with Crippen LogP contribution >= 0.6 is 0 Å². The van der Waals surface area contributed by atoms with Crippen molar-refractivity contribution in [1.29, 1.82) is 0 Å². The monoisotopic (exact) mass is 285 g/mol. The quantitative estimate of drug-likeness (QED) is 0.778. The number of rotatable bonds is 7. The van der Waals surface area contributed by atoms with Crippen LogP contribution in [0, 0.1) is 17.9 Å². The molecule has 0 spiro atoms. The molecule has 21 heavy (non-hydrogen) atoms. The summed E-state index contributed by atoms with van der Waals surface area (Å²) in [4.78, 5) is 27.3. The van der Waals surface area contributed by atoms with Gasteiger partial charge < -0.3 is 5.11 Å². The summed E-state index contributed by atoms with van der Waals surface area (Å²) in [5, 5.41) is 9.54. The molecule has 4 heteroatoms. The first kappa shape index (κ1) is 15.2. The van der Waals surface area contributed by atoms with E-state index in [2.05, 4.69) is 4.85 Å². The maximum Gasteiger partial charge on any atom is 0.310 e. The van der Waals surface area contributed by atoms with Crippen molar-refractivity contribution in [3.05, 3.63) is 41.2 Å². The van der Waals surface area contributed by atoms with Crippen LogP contribution < -0.4 is 0 Å². The second-order valence-electron chi connectivity index (χ2n) is 5.76. The summed E-state index contributed by atoms with van der Waals surface area (Å²) < 4.78 is 0. The average Bonchev–Trinajstić information content (AvgIpc) is 3.29. The van der Waals surface area contributed by atoms with E-state index < -0.39 is 11.4 Å². The maximum absolute atomic E-state index is 12.3. The van der Waals surface area contributed by atoms with E-state index in [4.69, 9.17) is 6.57 Å². The molecule has 0 aromatic heterocycles. The lowest BCUT2D eigenvalue weighted by Crippen LogP contribution is -2.35. The third kappa shape index (κ3) is 3.30. The molecule has 1 atom stereocenters. The van der Waals surface area contributed by atoms with E-state index in [1.165, 1.54) is 0 Å². The van der Waals surface area contributed by atoms with Gasteiger partial charge in [-0.15, -0.1) is 0 Å². The number of carboxylic acids is 1. The Bertz CT molecular complexity index is 598. The van der Waals surface area contributed by atoms with Crippen molar-refractivity contribution in [2.24, 2.45) is 11.3 Å². The summed E-state index contributed by atoms with van der Waals surface area (Å²) in [6, 6.07) is 6.94. The summed E-state index contributed by atoms with van der Waals surface area (Å²) in [5.41, 5.74) is 0.385. The summed E-state index contributed by atoms with van der Waals surface area (Å²) in [6.07, 6.45) is 2.58. The van der Waals surface area contributed by atoms with E-state index in [1.807, 2.05) is 6.92 Å². The van der Waals surface area contributed by atoms with Crippen LogP contribution in [0.2, 0.25) is 0 Å². The largest absolute Gasteiger partial charge is 0.481 e. The SMILES string of the molecule is [C-]#[N+]c1cccc(CC(=O)C[C@@](CC)(C(=O)O)C2CC2)c1. The maximum atomic E-state index is 12.3. The number of hydrogen-bond acceptors (Lipinski definition) is 2. The van der Waals surface area contributed by atoms with E-state index in [0.29, 0.717) is 12.1 Å². The molecule has 110 valence electrons. The highest BCUT2D eigenvalue weighted by Gasteiger charge is 2.50. The summed E-state index contributed by atoms with van der Waals surface area (Å²) >= 11 is 0. The molecule has 0 saturated heterocycles. The molecule has 0 unspecified atom stereocenters. The topological polar surface area (TPSA) is 58.7 Å². The van der Waals surface area contributed by atoms with Gasteiger partial charge in [-0.25, -0.2) is 4.85 Å². The van der Waals surface area contributed by atoms with Crippen LogP contribution in [0.3, 0.4) is 0 Å². The van der Waals surface area contributed by atoms with Gasteiger partial charge in [0.1, 0.15) is 5.78 Å². The number of aliphatic carboxylic acids is 1. The minimum atomic E-state index is -0.894. The average molecular weight is 285 g/mol. The standard InChI is InChI=1S/C17H19NO3/c1-3-17(16(20)21,13-7-8-13)11-15(19)10-12-5-4-6-14(9-12)18-2/h4-6,9,13H,3,7-8,10-11H2,1H3,(H,20,21)/t17-/m1/s1. The Balaban J connectivity index is 2.09. The first-order valence-corrected chi connectivity index (χ1v) is 7.23. The number of nitrogens with zero attached hydrogens (tertiary/aromatic N) is 1. The Labute approximate surface area is 124 Å². The van der Waals surface area contributed by atoms with Crippen molar-refractivity contribution in [3.8, 4) is 0 Å². The number of Topliss-reactive ketones (excluding diaryl/α,β-unsaturated/α-hetero) is 1. The van der Waals surface area contributed by atoms with Crippen LogP contribution in [-0.2, 0) is 16.0 Å². The van der Waals surface area contributed by atoms with E-state index in [1.54, 1.807) is 24.3 Å². The zero-order chi connectivity index (χ0) is 15.5. The molecule has 0 aliphatic heterocycles. The second kappa shape index (κ2) is 6.09. The van der Waals surface area contributed by atoms with E-state index >= 15 is 0 Å². The van der Waals surface area contributed by atoms with E-state index in [9.17, 15) is 14.7 Å². The van der Waals surface area contributed by atoms with Crippen LogP contribution in [0.25, 0.3) is 4.85 Å². The molecule has 1 fully saturated rings. The highest BCUT2D eigenvalue weighted by atomic mass is 16.4. The molecule has 1 N–H and O–H groups in total. The number of carbonyl (C=O) groups excluding carboxylic acids is 1. The lowest BCUT2D eigenvalue weighted by Gasteiger charge is -2.27. The summed E-state index contributed by atoms with van der Waals surface area (Å²) in [7, 11) is 0. The van der Waals surface area contributed by atoms with Crippen LogP contribution in [0.4, 0.5) is 5.69 Å². The van der Waals surface area contributed by atoms with Gasteiger partial charge >= 0.3 is 5.97 Å². The fraction of sp³-hybridized carbons (Fsp3) is 0.471. The highest BCUT2D eigenvalue weighted by molar-refractivity contribution is 5.88. The molecule has 1 saturated carbocycles. The molecular formula is C17H19NO3. The van der Waals surface area contributed by atoms with Gasteiger partial charge in [0.05, 0.1) is 12.0 Å². The van der Waals surface area contributed by atoms with Crippen molar-refractivity contribution < 1.29 is 14.7 Å². The van der Waals surface area contributed by atoms with Crippen LogP contribution in [0.15, 0.2) is 24.3 Å². The molecule has 1 aromatic rings. The second-order valence-corrected chi connectivity index (χ2v) is 5.76. The van der Waals surface area contributed by atoms with Crippen molar-refractivity contribution >= 4 is 17.4 Å². The van der Waals surface area contributed by atoms with E-state index in [-0.39, 0.29) is 24.5 Å². The van der Waals surface area contributed by atoms with Gasteiger partial charge in [-0.3, -0.25) is 9.59 Å². The predicted molar refractivity (Wildman–Crippen MR) is 79.1 cm³/mol.